The predicted octanol–water partition coefficient (Wildman–Crippen LogP) is 5.37. The Labute approximate surface area is 217 Å². The number of azo groups is 1. The Kier molecular flexibility index (Phi) is 12.0. The molecule has 0 aliphatic carbocycles. The van der Waals surface area contributed by atoms with Crippen LogP contribution in [0.5, 0.6) is 0 Å². The first-order valence-corrected chi connectivity index (χ1v) is 12.5. The highest BCUT2D eigenvalue weighted by Gasteiger charge is 2.15. The summed E-state index contributed by atoms with van der Waals surface area (Å²) in [5, 5.41) is 27.2. The minimum atomic E-state index is -0.385. The van der Waals surface area contributed by atoms with Gasteiger partial charge in [0.1, 0.15) is 30.2 Å². The van der Waals surface area contributed by atoms with Crippen LogP contribution in [0.2, 0.25) is 0 Å². The minimum absolute atomic E-state index is 0.129. The van der Waals surface area contributed by atoms with E-state index in [9.17, 15) is 14.9 Å². The maximum atomic E-state index is 11.6. The fourth-order valence-corrected chi connectivity index (χ4v) is 4.03. The fraction of sp³-hybridized carbons (Fsp3) is 0.391. The highest BCUT2D eigenvalue weighted by molar-refractivity contribution is 7.16. The Morgan fingerprint density at radius 3 is 2.03 bits per heavy atom. The molecule has 0 unspecified atom stereocenters. The molecule has 0 saturated heterocycles. The van der Waals surface area contributed by atoms with Gasteiger partial charge in [-0.05, 0) is 36.8 Å². The summed E-state index contributed by atoms with van der Waals surface area (Å²) in [6.07, 6.45) is 0.259. The smallest absolute Gasteiger partial charge is 0.307 e. The number of carbonyl (C=O) groups excluding carboxylic acids is 2. The fourth-order valence-electron chi connectivity index (χ4n) is 2.85. The molecule has 12 heteroatoms. The monoisotopic (exact) mass is 535 g/mol. The number of alkyl halides is 2. The number of rotatable bonds is 13. The number of nitrogens with zero attached hydrogens (tertiary/aromatic N) is 5. The molecule has 0 atom stereocenters. The highest BCUT2D eigenvalue weighted by Crippen LogP contribution is 2.35. The second-order valence-corrected chi connectivity index (χ2v) is 8.74. The molecule has 184 valence electrons. The summed E-state index contributed by atoms with van der Waals surface area (Å²) in [7, 11) is 0. The van der Waals surface area contributed by atoms with Crippen molar-refractivity contribution in [3.63, 3.8) is 0 Å². The molecule has 1 aromatic carbocycles. The van der Waals surface area contributed by atoms with Gasteiger partial charge in [-0.2, -0.15) is 10.5 Å². The van der Waals surface area contributed by atoms with Crippen molar-refractivity contribution in [2.45, 2.75) is 19.8 Å². The second kappa shape index (κ2) is 14.9. The molecule has 2 rings (SSSR count). The van der Waals surface area contributed by atoms with Crippen LogP contribution >= 0.6 is 34.5 Å². The Hall–Kier alpha value is -3.18. The molecular weight excluding hydrogens is 513 g/mol. The molecule has 0 spiro atoms. The lowest BCUT2D eigenvalue weighted by atomic mass is 10.2. The summed E-state index contributed by atoms with van der Waals surface area (Å²) in [5.41, 5.74) is 2.27. The van der Waals surface area contributed by atoms with Crippen molar-refractivity contribution in [2.24, 2.45) is 10.2 Å². The zero-order chi connectivity index (χ0) is 25.6. The Balaban J connectivity index is 2.10. The summed E-state index contributed by atoms with van der Waals surface area (Å²) in [6.45, 7) is 2.74. The van der Waals surface area contributed by atoms with Crippen molar-refractivity contribution in [1.29, 1.82) is 10.5 Å². The van der Waals surface area contributed by atoms with Crippen molar-refractivity contribution in [2.75, 3.05) is 43.0 Å². The summed E-state index contributed by atoms with van der Waals surface area (Å²) in [5.74, 6) is -0.393. The van der Waals surface area contributed by atoms with E-state index in [4.69, 9.17) is 37.9 Å². The summed E-state index contributed by atoms with van der Waals surface area (Å²) >= 11 is 12.2. The van der Waals surface area contributed by atoms with Crippen LogP contribution in [0.1, 0.15) is 28.8 Å². The number of thiophene rings is 1. The Bertz CT molecular complexity index is 1100. The number of benzene rings is 1. The van der Waals surface area contributed by atoms with Crippen LogP contribution in [-0.4, -0.2) is 50.0 Å². The average Bonchev–Trinajstić information content (AvgIpc) is 3.16. The first kappa shape index (κ1) is 28.1. The van der Waals surface area contributed by atoms with Gasteiger partial charge >= 0.3 is 11.9 Å². The van der Waals surface area contributed by atoms with Gasteiger partial charge < -0.3 is 14.4 Å². The second-order valence-electron chi connectivity index (χ2n) is 6.98. The van der Waals surface area contributed by atoms with Gasteiger partial charge in [0.15, 0.2) is 5.00 Å². The van der Waals surface area contributed by atoms with Crippen LogP contribution < -0.4 is 4.90 Å². The number of nitriles is 2. The van der Waals surface area contributed by atoms with Gasteiger partial charge in [0.2, 0.25) is 0 Å². The number of anilines is 1. The maximum absolute atomic E-state index is 11.6. The van der Waals surface area contributed by atoms with Gasteiger partial charge in [0.25, 0.3) is 0 Å². The van der Waals surface area contributed by atoms with E-state index in [1.54, 1.807) is 31.2 Å². The predicted molar refractivity (Wildman–Crippen MR) is 134 cm³/mol. The lowest BCUT2D eigenvalue weighted by Gasteiger charge is -2.24. The van der Waals surface area contributed by atoms with Crippen molar-refractivity contribution in [3.8, 4) is 12.1 Å². The largest absolute Gasteiger partial charge is 0.464 e. The minimum Gasteiger partial charge on any atom is -0.464 e. The van der Waals surface area contributed by atoms with Crippen molar-refractivity contribution < 1.29 is 19.1 Å². The third kappa shape index (κ3) is 8.84. The van der Waals surface area contributed by atoms with E-state index in [-0.39, 0.29) is 49.8 Å². The number of hydrogen-bond donors (Lipinski definition) is 0. The van der Waals surface area contributed by atoms with Crippen LogP contribution in [0.4, 0.5) is 16.4 Å². The quantitative estimate of drug-likeness (QED) is 0.191. The van der Waals surface area contributed by atoms with E-state index in [2.05, 4.69) is 22.4 Å². The van der Waals surface area contributed by atoms with E-state index in [1.165, 1.54) is 0 Å². The molecule has 0 radical (unpaired) electrons. The average molecular weight is 536 g/mol. The summed E-state index contributed by atoms with van der Waals surface area (Å²) in [4.78, 5) is 25.5. The van der Waals surface area contributed by atoms with Crippen LogP contribution in [0.15, 0.2) is 34.5 Å². The molecule has 35 heavy (non-hydrogen) atoms. The molecule has 0 fully saturated rings. The Morgan fingerprint density at radius 2 is 1.54 bits per heavy atom. The standard InChI is InChI=1S/C23H23Cl2N5O4S/c1-16-19(14-26)23(35-20(16)15-27)29-28-17-2-4-18(5-3-17)30(10-12-33-21(31)6-8-24)11-13-34-22(32)7-9-25/h2-5H,6-13H2,1H3/b29-28+. The van der Waals surface area contributed by atoms with E-state index in [0.29, 0.717) is 39.8 Å². The van der Waals surface area contributed by atoms with Crippen LogP contribution in [-0.2, 0) is 19.1 Å². The molecule has 0 amide bonds. The maximum Gasteiger partial charge on any atom is 0.307 e. The number of hydrogen-bond acceptors (Lipinski definition) is 10. The molecular formula is C23H23Cl2N5O4S. The molecule has 9 nitrogen and oxygen atoms in total. The first-order valence-electron chi connectivity index (χ1n) is 10.6. The molecule has 0 bridgehead atoms. The molecule has 1 aromatic heterocycles. The van der Waals surface area contributed by atoms with E-state index < -0.39 is 0 Å². The first-order chi connectivity index (χ1) is 16.9. The van der Waals surface area contributed by atoms with Crippen LogP contribution in [0.3, 0.4) is 0 Å². The third-order valence-corrected chi connectivity index (χ3v) is 6.12. The van der Waals surface area contributed by atoms with Gasteiger partial charge in [-0.3, -0.25) is 9.59 Å². The van der Waals surface area contributed by atoms with Crippen molar-refractivity contribution in [3.05, 3.63) is 40.3 Å². The van der Waals surface area contributed by atoms with E-state index >= 15 is 0 Å². The zero-order valence-electron chi connectivity index (χ0n) is 19.0. The van der Waals surface area contributed by atoms with Crippen molar-refractivity contribution in [1.82, 2.24) is 0 Å². The van der Waals surface area contributed by atoms with E-state index in [1.807, 2.05) is 4.90 Å². The van der Waals surface area contributed by atoms with Gasteiger partial charge in [0, 0.05) is 17.4 Å². The molecule has 0 aliphatic heterocycles. The number of halogens is 2. The highest BCUT2D eigenvalue weighted by atomic mass is 35.5. The van der Waals surface area contributed by atoms with Crippen LogP contribution in [0.25, 0.3) is 0 Å². The van der Waals surface area contributed by atoms with Gasteiger partial charge in [-0.25, -0.2) is 0 Å². The normalized spacial score (nSPS) is 10.5. The van der Waals surface area contributed by atoms with Gasteiger partial charge in [-0.15, -0.1) is 44.8 Å². The Morgan fingerprint density at radius 1 is 0.971 bits per heavy atom. The number of carbonyl (C=O) groups is 2. The summed E-state index contributed by atoms with van der Waals surface area (Å²) in [6, 6.07) is 11.2. The molecule has 0 saturated carbocycles. The topological polar surface area (TPSA) is 128 Å². The van der Waals surface area contributed by atoms with Crippen molar-refractivity contribution >= 4 is 62.9 Å². The lowest BCUT2D eigenvalue weighted by molar-refractivity contribution is -0.143. The summed E-state index contributed by atoms with van der Waals surface area (Å²) < 4.78 is 10.4. The zero-order valence-corrected chi connectivity index (χ0v) is 21.3. The van der Waals surface area contributed by atoms with Gasteiger partial charge in [0.05, 0.1) is 37.2 Å². The van der Waals surface area contributed by atoms with Crippen LogP contribution in [0, 0.1) is 29.6 Å². The number of esters is 2. The SMILES string of the molecule is Cc1c(C#N)sc(/N=N/c2ccc(N(CCOC(=O)CCCl)CCOC(=O)CCCl)cc2)c1C#N. The van der Waals surface area contributed by atoms with E-state index in [0.717, 1.165) is 17.0 Å². The molecule has 0 N–H and O–H groups in total. The number of ether oxygens (including phenoxy) is 2. The van der Waals surface area contributed by atoms with Gasteiger partial charge in [-0.1, -0.05) is 0 Å². The lowest BCUT2D eigenvalue weighted by Crippen LogP contribution is -2.32. The molecule has 0 aliphatic rings. The molecule has 2 aromatic rings. The third-order valence-electron chi connectivity index (χ3n) is 4.66. The molecule has 1 heterocycles.